The first-order valence-electron chi connectivity index (χ1n) is 6.37. The molecule has 0 bridgehead atoms. The zero-order valence-corrected chi connectivity index (χ0v) is 11.0. The summed E-state index contributed by atoms with van der Waals surface area (Å²) in [6, 6.07) is -0.603. The number of aliphatic carboxylic acids is 1. The fourth-order valence-electron chi connectivity index (χ4n) is 2.06. The highest BCUT2D eigenvalue weighted by Crippen LogP contribution is 2.18. The van der Waals surface area contributed by atoms with Gasteiger partial charge in [0.25, 0.3) is 0 Å². The Morgan fingerprint density at radius 3 is 2.61 bits per heavy atom. The Bertz CT molecular complexity index is 321. The second-order valence-corrected chi connectivity index (χ2v) is 4.95. The topological polar surface area (TPSA) is 89.9 Å². The van der Waals surface area contributed by atoms with Gasteiger partial charge in [-0.15, -0.1) is 0 Å². The van der Waals surface area contributed by atoms with Gasteiger partial charge in [-0.3, -0.25) is 0 Å². The summed E-state index contributed by atoms with van der Waals surface area (Å²) in [4.78, 5) is 24.8. The molecule has 0 aromatic carbocycles. The first kappa shape index (κ1) is 14.8. The Kier molecular flexibility index (Phi) is 4.95. The normalized spacial score (nSPS) is 23.3. The first-order valence-corrected chi connectivity index (χ1v) is 6.37. The van der Waals surface area contributed by atoms with Gasteiger partial charge >= 0.3 is 12.0 Å². The van der Waals surface area contributed by atoms with E-state index in [1.165, 1.54) is 6.92 Å². The average Bonchev–Trinajstić information content (AvgIpc) is 2.38. The number of hydrogen-bond acceptors (Lipinski definition) is 3. The molecule has 0 saturated carbocycles. The van der Waals surface area contributed by atoms with Crippen LogP contribution in [-0.4, -0.2) is 51.8 Å². The van der Waals surface area contributed by atoms with Crippen molar-refractivity contribution in [2.45, 2.75) is 51.1 Å². The highest BCUT2D eigenvalue weighted by atomic mass is 16.4. The third-order valence-corrected chi connectivity index (χ3v) is 3.66. The number of carboxylic acids is 1. The molecule has 2 unspecified atom stereocenters. The molecular formula is C12H22N2O4. The molecule has 0 aromatic rings. The lowest BCUT2D eigenvalue weighted by Crippen LogP contribution is -2.58. The van der Waals surface area contributed by atoms with E-state index in [0.717, 1.165) is 19.3 Å². The summed E-state index contributed by atoms with van der Waals surface area (Å²) in [6.07, 6.45) is 2.95. The van der Waals surface area contributed by atoms with Crippen LogP contribution < -0.4 is 5.32 Å². The number of piperidine rings is 1. The number of aliphatic hydroxyl groups excluding tert-OH is 1. The molecular weight excluding hydrogens is 236 g/mol. The molecule has 2 amide bonds. The van der Waals surface area contributed by atoms with E-state index < -0.39 is 17.5 Å². The minimum Gasteiger partial charge on any atom is -0.480 e. The van der Waals surface area contributed by atoms with Gasteiger partial charge < -0.3 is 20.4 Å². The van der Waals surface area contributed by atoms with E-state index in [1.54, 1.807) is 11.8 Å². The van der Waals surface area contributed by atoms with Crippen LogP contribution in [0.3, 0.4) is 0 Å². The second kappa shape index (κ2) is 6.04. The number of hydrogen-bond donors (Lipinski definition) is 3. The molecule has 18 heavy (non-hydrogen) atoms. The van der Waals surface area contributed by atoms with Crippen LogP contribution in [0.5, 0.6) is 0 Å². The van der Waals surface area contributed by atoms with Gasteiger partial charge in [0.05, 0.1) is 12.6 Å². The summed E-state index contributed by atoms with van der Waals surface area (Å²) in [5, 5.41) is 20.9. The number of carbonyl (C=O) groups is 2. The predicted molar refractivity (Wildman–Crippen MR) is 66.3 cm³/mol. The van der Waals surface area contributed by atoms with Crippen molar-refractivity contribution in [1.82, 2.24) is 10.2 Å². The maximum absolute atomic E-state index is 12.1. The van der Waals surface area contributed by atoms with Gasteiger partial charge in [-0.2, -0.15) is 0 Å². The summed E-state index contributed by atoms with van der Waals surface area (Å²) in [7, 11) is 0. The van der Waals surface area contributed by atoms with E-state index in [4.69, 9.17) is 5.11 Å². The zero-order valence-electron chi connectivity index (χ0n) is 11.0. The number of aliphatic hydroxyl groups is 1. The highest BCUT2D eigenvalue weighted by Gasteiger charge is 2.36. The average molecular weight is 258 g/mol. The van der Waals surface area contributed by atoms with Crippen molar-refractivity contribution in [2.24, 2.45) is 0 Å². The SMILES string of the molecule is CCC(C)(NC(=O)N1CCCCC1CO)C(=O)O. The lowest BCUT2D eigenvalue weighted by Gasteiger charge is -2.37. The van der Waals surface area contributed by atoms with Crippen molar-refractivity contribution in [3.8, 4) is 0 Å². The van der Waals surface area contributed by atoms with E-state index in [1.807, 2.05) is 0 Å². The quantitative estimate of drug-likeness (QED) is 0.695. The molecule has 3 N–H and O–H groups in total. The summed E-state index contributed by atoms with van der Waals surface area (Å²) in [5.41, 5.74) is -1.26. The molecule has 1 aliphatic heterocycles. The number of carbonyl (C=O) groups excluding carboxylic acids is 1. The number of rotatable bonds is 4. The van der Waals surface area contributed by atoms with Crippen LogP contribution in [0.25, 0.3) is 0 Å². The lowest BCUT2D eigenvalue weighted by molar-refractivity contribution is -0.143. The molecule has 0 aliphatic carbocycles. The minimum atomic E-state index is -1.26. The fourth-order valence-corrected chi connectivity index (χ4v) is 2.06. The number of likely N-dealkylation sites (tertiary alicyclic amines) is 1. The van der Waals surface area contributed by atoms with E-state index in [2.05, 4.69) is 5.32 Å². The Balaban J connectivity index is 2.71. The van der Waals surface area contributed by atoms with Gasteiger partial charge in [-0.25, -0.2) is 9.59 Å². The van der Waals surface area contributed by atoms with E-state index >= 15 is 0 Å². The van der Waals surface area contributed by atoms with E-state index in [0.29, 0.717) is 13.0 Å². The summed E-state index contributed by atoms with van der Waals surface area (Å²) < 4.78 is 0. The molecule has 1 heterocycles. The van der Waals surface area contributed by atoms with Crippen molar-refractivity contribution in [2.75, 3.05) is 13.2 Å². The molecule has 104 valence electrons. The Morgan fingerprint density at radius 1 is 1.44 bits per heavy atom. The van der Waals surface area contributed by atoms with Gasteiger partial charge in [-0.1, -0.05) is 6.92 Å². The molecule has 2 atom stereocenters. The van der Waals surface area contributed by atoms with Crippen molar-refractivity contribution in [1.29, 1.82) is 0 Å². The van der Waals surface area contributed by atoms with Crippen molar-refractivity contribution in [3.63, 3.8) is 0 Å². The van der Waals surface area contributed by atoms with Gasteiger partial charge in [0.1, 0.15) is 5.54 Å². The van der Waals surface area contributed by atoms with Gasteiger partial charge in [-0.05, 0) is 32.6 Å². The first-order chi connectivity index (χ1) is 8.44. The molecule has 1 saturated heterocycles. The molecule has 0 aromatic heterocycles. The highest BCUT2D eigenvalue weighted by molar-refractivity contribution is 5.86. The van der Waals surface area contributed by atoms with Crippen molar-refractivity contribution >= 4 is 12.0 Å². The van der Waals surface area contributed by atoms with Crippen molar-refractivity contribution in [3.05, 3.63) is 0 Å². The zero-order chi connectivity index (χ0) is 13.8. The lowest BCUT2D eigenvalue weighted by atomic mass is 9.99. The van der Waals surface area contributed by atoms with Crippen molar-refractivity contribution < 1.29 is 19.8 Å². The smallest absolute Gasteiger partial charge is 0.329 e. The number of nitrogens with zero attached hydrogens (tertiary/aromatic N) is 1. The molecule has 6 heteroatoms. The number of nitrogens with one attached hydrogen (secondary N) is 1. The molecule has 1 aliphatic rings. The molecule has 0 spiro atoms. The van der Waals surface area contributed by atoms with Crippen LogP contribution in [0.15, 0.2) is 0 Å². The Morgan fingerprint density at radius 2 is 2.11 bits per heavy atom. The third-order valence-electron chi connectivity index (χ3n) is 3.66. The molecule has 1 fully saturated rings. The Hall–Kier alpha value is -1.30. The molecule has 1 rings (SSSR count). The fraction of sp³-hybridized carbons (Fsp3) is 0.833. The van der Waals surface area contributed by atoms with Gasteiger partial charge in [0.15, 0.2) is 0 Å². The van der Waals surface area contributed by atoms with Gasteiger partial charge in [0.2, 0.25) is 0 Å². The van der Waals surface area contributed by atoms with Crippen LogP contribution in [0.1, 0.15) is 39.5 Å². The maximum atomic E-state index is 12.1. The van der Waals surface area contributed by atoms with Crippen LogP contribution >= 0.6 is 0 Å². The number of urea groups is 1. The molecule has 6 nitrogen and oxygen atoms in total. The third kappa shape index (κ3) is 3.13. The summed E-state index contributed by atoms with van der Waals surface area (Å²) in [6.45, 7) is 3.69. The second-order valence-electron chi connectivity index (χ2n) is 4.95. The number of carboxylic acid groups (broad SMARTS) is 1. The summed E-state index contributed by atoms with van der Waals surface area (Å²) >= 11 is 0. The van der Waals surface area contributed by atoms with Crippen LogP contribution in [0.4, 0.5) is 4.79 Å². The predicted octanol–water partition coefficient (Wildman–Crippen LogP) is 0.796. The maximum Gasteiger partial charge on any atom is 0.329 e. The van der Waals surface area contributed by atoms with Crippen LogP contribution in [0.2, 0.25) is 0 Å². The van der Waals surface area contributed by atoms with Crippen LogP contribution in [-0.2, 0) is 4.79 Å². The standard InChI is InChI=1S/C12H22N2O4/c1-3-12(2,10(16)17)13-11(18)14-7-5-4-6-9(14)8-15/h9,15H,3-8H2,1-2H3,(H,13,18)(H,16,17). The number of amides is 2. The monoisotopic (exact) mass is 258 g/mol. The summed E-state index contributed by atoms with van der Waals surface area (Å²) in [5.74, 6) is -1.05. The molecule has 0 radical (unpaired) electrons. The Labute approximate surface area is 107 Å². The minimum absolute atomic E-state index is 0.0800. The van der Waals surface area contributed by atoms with Gasteiger partial charge in [0, 0.05) is 6.54 Å². The van der Waals surface area contributed by atoms with E-state index in [9.17, 15) is 14.7 Å². The van der Waals surface area contributed by atoms with E-state index in [-0.39, 0.29) is 12.6 Å². The largest absolute Gasteiger partial charge is 0.480 e. The van der Waals surface area contributed by atoms with Crippen LogP contribution in [0, 0.1) is 0 Å².